The third-order valence-corrected chi connectivity index (χ3v) is 5.38. The van der Waals surface area contributed by atoms with Crippen LogP contribution in [0.15, 0.2) is 0 Å². The van der Waals surface area contributed by atoms with E-state index in [1.54, 1.807) is 0 Å². The second-order valence-corrected chi connectivity index (χ2v) is 6.76. The van der Waals surface area contributed by atoms with E-state index in [0.29, 0.717) is 0 Å². The van der Waals surface area contributed by atoms with E-state index in [1.165, 1.54) is 38.9 Å². The zero-order chi connectivity index (χ0) is 14.6. The smallest absolute Gasteiger partial charge is 0.104 e. The molecule has 0 aliphatic carbocycles. The third kappa shape index (κ3) is 3.72. The van der Waals surface area contributed by atoms with E-state index in [4.69, 9.17) is 11.0 Å². The molecule has 2 N–H and O–H groups in total. The van der Waals surface area contributed by atoms with E-state index < -0.39 is 5.54 Å². The van der Waals surface area contributed by atoms with Gasteiger partial charge in [0.15, 0.2) is 0 Å². The minimum atomic E-state index is -0.608. The molecule has 20 heavy (non-hydrogen) atoms. The molecule has 2 rings (SSSR count). The lowest BCUT2D eigenvalue weighted by atomic mass is 9.84. The number of hydrogen-bond acceptors (Lipinski definition) is 4. The fourth-order valence-electron chi connectivity index (χ4n) is 3.86. The van der Waals surface area contributed by atoms with E-state index in [1.807, 2.05) is 6.92 Å². The standard InChI is InChI=1S/C16H30N4/c1-3-16(18,13-17)8-5-10-20-11-7-15-14(12-20)6-4-9-19(15)2/h14-15H,3-12,18H2,1-2H3. The Bertz CT molecular complexity index is 351. The Morgan fingerprint density at radius 3 is 2.85 bits per heavy atom. The maximum absolute atomic E-state index is 9.11. The lowest BCUT2D eigenvalue weighted by Crippen LogP contribution is -2.52. The number of nitrogens with two attached hydrogens (primary N) is 1. The van der Waals surface area contributed by atoms with Gasteiger partial charge in [0, 0.05) is 12.6 Å². The minimum absolute atomic E-state index is 0.608. The molecule has 0 aromatic rings. The van der Waals surface area contributed by atoms with E-state index in [2.05, 4.69) is 22.9 Å². The van der Waals surface area contributed by atoms with Crippen molar-refractivity contribution in [1.82, 2.24) is 9.80 Å². The maximum Gasteiger partial charge on any atom is 0.104 e. The molecule has 4 nitrogen and oxygen atoms in total. The second kappa shape index (κ2) is 6.89. The number of fused-ring (bicyclic) bond motifs is 1. The lowest BCUT2D eigenvalue weighted by Gasteiger charge is -2.46. The summed E-state index contributed by atoms with van der Waals surface area (Å²) in [5.74, 6) is 0.854. The molecular formula is C16H30N4. The molecule has 2 saturated heterocycles. The van der Waals surface area contributed by atoms with Gasteiger partial charge < -0.3 is 15.5 Å². The summed E-state index contributed by atoms with van der Waals surface area (Å²) in [4.78, 5) is 5.15. The molecule has 0 saturated carbocycles. The van der Waals surface area contributed by atoms with Crippen molar-refractivity contribution < 1.29 is 0 Å². The van der Waals surface area contributed by atoms with Crippen molar-refractivity contribution in [2.24, 2.45) is 11.7 Å². The Morgan fingerprint density at radius 1 is 1.35 bits per heavy atom. The molecule has 2 aliphatic heterocycles. The van der Waals surface area contributed by atoms with Gasteiger partial charge in [-0.1, -0.05) is 6.92 Å². The molecule has 2 fully saturated rings. The van der Waals surface area contributed by atoms with Gasteiger partial charge in [-0.25, -0.2) is 0 Å². The van der Waals surface area contributed by atoms with Gasteiger partial charge in [0.05, 0.1) is 6.07 Å². The zero-order valence-corrected chi connectivity index (χ0v) is 13.1. The summed E-state index contributed by atoms with van der Waals surface area (Å²) in [6, 6.07) is 3.08. The van der Waals surface area contributed by atoms with Crippen molar-refractivity contribution in [3.05, 3.63) is 0 Å². The number of likely N-dealkylation sites (tertiary alicyclic amines) is 2. The zero-order valence-electron chi connectivity index (χ0n) is 13.1. The molecule has 0 aromatic carbocycles. The van der Waals surface area contributed by atoms with Crippen LogP contribution in [-0.2, 0) is 0 Å². The van der Waals surface area contributed by atoms with Gasteiger partial charge in [0.1, 0.15) is 5.54 Å². The van der Waals surface area contributed by atoms with Crippen molar-refractivity contribution in [2.75, 3.05) is 33.2 Å². The molecule has 0 amide bonds. The number of nitriles is 1. The van der Waals surface area contributed by atoms with Crippen LogP contribution >= 0.6 is 0 Å². The summed E-state index contributed by atoms with van der Waals surface area (Å²) in [5.41, 5.74) is 5.44. The first-order valence-electron chi connectivity index (χ1n) is 8.20. The quantitative estimate of drug-likeness (QED) is 0.833. The molecule has 114 valence electrons. The average Bonchev–Trinajstić information content (AvgIpc) is 2.47. The van der Waals surface area contributed by atoms with Crippen LogP contribution in [0.3, 0.4) is 0 Å². The Labute approximate surface area is 123 Å². The van der Waals surface area contributed by atoms with Gasteiger partial charge >= 0.3 is 0 Å². The van der Waals surface area contributed by atoms with Crippen LogP contribution in [0.1, 0.15) is 45.4 Å². The summed E-state index contributed by atoms with van der Waals surface area (Å²) in [5, 5.41) is 9.11. The average molecular weight is 278 g/mol. The molecule has 2 heterocycles. The van der Waals surface area contributed by atoms with E-state index in [-0.39, 0.29) is 0 Å². The SMILES string of the molecule is CCC(N)(C#N)CCCN1CCC2C(CCCN2C)C1. The lowest BCUT2D eigenvalue weighted by molar-refractivity contribution is 0.0376. The number of rotatable bonds is 5. The van der Waals surface area contributed by atoms with Crippen LogP contribution in [0, 0.1) is 17.2 Å². The number of hydrogen-bond donors (Lipinski definition) is 1. The Hall–Kier alpha value is -0.630. The Balaban J connectivity index is 1.75. The predicted molar refractivity (Wildman–Crippen MR) is 82.3 cm³/mol. The van der Waals surface area contributed by atoms with E-state index in [9.17, 15) is 0 Å². The molecule has 0 spiro atoms. The van der Waals surface area contributed by atoms with Gasteiger partial charge in [0.2, 0.25) is 0 Å². The second-order valence-electron chi connectivity index (χ2n) is 6.76. The predicted octanol–water partition coefficient (Wildman–Crippen LogP) is 1.81. The minimum Gasteiger partial charge on any atom is -0.313 e. The third-order valence-electron chi connectivity index (χ3n) is 5.38. The molecule has 2 aliphatic rings. The topological polar surface area (TPSA) is 56.3 Å². The van der Waals surface area contributed by atoms with Gasteiger partial charge in [-0.3, -0.25) is 0 Å². The van der Waals surface area contributed by atoms with Crippen LogP contribution in [0.2, 0.25) is 0 Å². The van der Waals surface area contributed by atoms with Crippen molar-refractivity contribution in [3.63, 3.8) is 0 Å². The van der Waals surface area contributed by atoms with E-state index in [0.717, 1.165) is 37.8 Å². The fraction of sp³-hybridized carbons (Fsp3) is 0.938. The summed E-state index contributed by atoms with van der Waals surface area (Å²) in [6.45, 7) is 6.84. The highest BCUT2D eigenvalue weighted by Crippen LogP contribution is 2.29. The van der Waals surface area contributed by atoms with Crippen LogP contribution in [0.4, 0.5) is 0 Å². The molecule has 3 atom stereocenters. The summed E-state index contributed by atoms with van der Waals surface area (Å²) < 4.78 is 0. The Morgan fingerprint density at radius 2 is 2.15 bits per heavy atom. The summed E-state index contributed by atoms with van der Waals surface area (Å²) in [7, 11) is 2.28. The van der Waals surface area contributed by atoms with Crippen LogP contribution in [0.5, 0.6) is 0 Å². The number of piperidine rings is 2. The Kier molecular flexibility index (Phi) is 5.42. The van der Waals surface area contributed by atoms with Crippen molar-refractivity contribution in [2.45, 2.75) is 57.0 Å². The van der Waals surface area contributed by atoms with E-state index >= 15 is 0 Å². The van der Waals surface area contributed by atoms with Crippen molar-refractivity contribution in [1.29, 1.82) is 5.26 Å². The number of nitrogens with zero attached hydrogens (tertiary/aromatic N) is 3. The molecule has 4 heteroatoms. The van der Waals surface area contributed by atoms with Crippen LogP contribution in [-0.4, -0.2) is 54.6 Å². The maximum atomic E-state index is 9.11. The van der Waals surface area contributed by atoms with Gasteiger partial charge in [0.25, 0.3) is 0 Å². The first-order chi connectivity index (χ1) is 9.58. The molecular weight excluding hydrogens is 248 g/mol. The van der Waals surface area contributed by atoms with Crippen molar-refractivity contribution >= 4 is 0 Å². The summed E-state index contributed by atoms with van der Waals surface area (Å²) >= 11 is 0. The molecule has 3 unspecified atom stereocenters. The normalized spacial score (nSPS) is 31.3. The summed E-state index contributed by atoms with van der Waals surface area (Å²) in [6.07, 6.45) is 6.66. The van der Waals surface area contributed by atoms with Gasteiger partial charge in [-0.2, -0.15) is 5.26 Å². The monoisotopic (exact) mass is 278 g/mol. The van der Waals surface area contributed by atoms with Crippen molar-refractivity contribution in [3.8, 4) is 6.07 Å². The highest BCUT2D eigenvalue weighted by Gasteiger charge is 2.34. The largest absolute Gasteiger partial charge is 0.313 e. The van der Waals surface area contributed by atoms with Gasteiger partial charge in [-0.05, 0) is 71.1 Å². The first kappa shape index (κ1) is 15.8. The van der Waals surface area contributed by atoms with Crippen LogP contribution < -0.4 is 5.73 Å². The van der Waals surface area contributed by atoms with Crippen LogP contribution in [0.25, 0.3) is 0 Å². The fourth-order valence-corrected chi connectivity index (χ4v) is 3.86. The molecule has 0 bridgehead atoms. The first-order valence-corrected chi connectivity index (χ1v) is 8.20. The van der Waals surface area contributed by atoms with Gasteiger partial charge in [-0.15, -0.1) is 0 Å². The highest BCUT2D eigenvalue weighted by atomic mass is 15.2. The molecule has 0 radical (unpaired) electrons. The molecule has 0 aromatic heterocycles. The highest BCUT2D eigenvalue weighted by molar-refractivity contribution is 5.03.